The smallest absolute Gasteiger partial charge is 0.308 e. The van der Waals surface area contributed by atoms with Gasteiger partial charge < -0.3 is 10.0 Å². The molecule has 0 bridgehead atoms. The normalized spacial score (nSPS) is 27.8. The molecule has 0 aromatic carbocycles. The van der Waals surface area contributed by atoms with E-state index in [2.05, 4.69) is 10.00 Å². The average molecular weight is 263 g/mol. The zero-order valence-corrected chi connectivity index (χ0v) is 11.3. The number of carbonyl (C=O) groups is 1. The maximum absolute atomic E-state index is 11.3. The fourth-order valence-electron chi connectivity index (χ4n) is 3.25. The molecule has 1 aromatic rings. The number of rotatable bonds is 5. The van der Waals surface area contributed by atoms with Gasteiger partial charge in [-0.3, -0.25) is 9.48 Å². The minimum Gasteiger partial charge on any atom is -0.481 e. The predicted octanol–water partition coefficient (Wildman–Crippen LogP) is 1.01. The first-order valence-electron chi connectivity index (χ1n) is 7.06. The minimum atomic E-state index is -0.610. The second kappa shape index (κ2) is 4.96. The maximum Gasteiger partial charge on any atom is 0.308 e. The van der Waals surface area contributed by atoms with Gasteiger partial charge in [-0.1, -0.05) is 0 Å². The van der Waals surface area contributed by atoms with E-state index in [1.54, 1.807) is 0 Å². The highest BCUT2D eigenvalue weighted by Gasteiger charge is 2.45. The van der Waals surface area contributed by atoms with Gasteiger partial charge in [0.2, 0.25) is 0 Å². The largest absolute Gasteiger partial charge is 0.481 e. The molecule has 2 aliphatic rings. The van der Waals surface area contributed by atoms with Gasteiger partial charge in [-0.05, 0) is 36.7 Å². The quantitative estimate of drug-likeness (QED) is 0.861. The Morgan fingerprint density at radius 3 is 2.84 bits per heavy atom. The lowest BCUT2D eigenvalue weighted by molar-refractivity contribution is -0.142. The molecule has 3 rings (SSSR count). The topological polar surface area (TPSA) is 58.4 Å². The number of aromatic nitrogens is 2. The average Bonchev–Trinajstić information content (AvgIpc) is 2.98. The lowest BCUT2D eigenvalue weighted by atomic mass is 9.92. The Morgan fingerprint density at radius 2 is 2.26 bits per heavy atom. The van der Waals surface area contributed by atoms with Crippen LogP contribution in [0.5, 0.6) is 0 Å². The van der Waals surface area contributed by atoms with Crippen molar-refractivity contribution in [3.63, 3.8) is 0 Å². The van der Waals surface area contributed by atoms with Gasteiger partial charge in [0.05, 0.1) is 12.1 Å². The van der Waals surface area contributed by atoms with E-state index in [1.165, 1.54) is 18.4 Å². The molecule has 1 saturated carbocycles. The Kier molecular flexibility index (Phi) is 3.31. The van der Waals surface area contributed by atoms with Gasteiger partial charge in [0.25, 0.3) is 0 Å². The van der Waals surface area contributed by atoms with Crippen LogP contribution in [0, 0.1) is 17.8 Å². The minimum absolute atomic E-state index is 0.151. The second-order valence-corrected chi connectivity index (χ2v) is 5.98. The SMILES string of the molecule is Cn1cc(CCN2C[C@H](C(=O)O)[C@@H](C3CC3)C2)cn1. The summed E-state index contributed by atoms with van der Waals surface area (Å²) in [4.78, 5) is 13.6. The Bertz CT molecular complexity index is 467. The summed E-state index contributed by atoms with van der Waals surface area (Å²) in [5, 5.41) is 13.5. The zero-order valence-electron chi connectivity index (χ0n) is 11.3. The maximum atomic E-state index is 11.3. The molecular weight excluding hydrogens is 242 g/mol. The van der Waals surface area contributed by atoms with Gasteiger partial charge in [-0.2, -0.15) is 5.10 Å². The molecule has 2 fully saturated rings. The van der Waals surface area contributed by atoms with Crippen molar-refractivity contribution in [1.29, 1.82) is 0 Å². The van der Waals surface area contributed by atoms with E-state index >= 15 is 0 Å². The molecule has 2 heterocycles. The van der Waals surface area contributed by atoms with Crippen LogP contribution in [0.3, 0.4) is 0 Å². The Balaban J connectivity index is 1.56. The van der Waals surface area contributed by atoms with Crippen molar-refractivity contribution >= 4 is 5.97 Å². The summed E-state index contributed by atoms with van der Waals surface area (Å²) < 4.78 is 1.81. The van der Waals surface area contributed by atoms with Gasteiger partial charge in [-0.15, -0.1) is 0 Å². The highest BCUT2D eigenvalue weighted by atomic mass is 16.4. The van der Waals surface area contributed by atoms with Gasteiger partial charge in [-0.25, -0.2) is 0 Å². The number of nitrogens with zero attached hydrogens (tertiary/aromatic N) is 3. The number of hydrogen-bond donors (Lipinski definition) is 1. The zero-order chi connectivity index (χ0) is 13.4. The van der Waals surface area contributed by atoms with Crippen LogP contribution in [0.2, 0.25) is 0 Å². The van der Waals surface area contributed by atoms with Crippen LogP contribution in [-0.4, -0.2) is 45.4 Å². The van der Waals surface area contributed by atoms with Gasteiger partial charge in [0.15, 0.2) is 0 Å². The molecule has 0 amide bonds. The summed E-state index contributed by atoms with van der Waals surface area (Å²) in [7, 11) is 1.92. The summed E-state index contributed by atoms with van der Waals surface area (Å²) in [6.45, 7) is 2.62. The van der Waals surface area contributed by atoms with Crippen molar-refractivity contribution in [2.45, 2.75) is 19.3 Å². The van der Waals surface area contributed by atoms with Crippen molar-refractivity contribution in [1.82, 2.24) is 14.7 Å². The van der Waals surface area contributed by atoms with Crippen LogP contribution in [0.15, 0.2) is 12.4 Å². The number of carboxylic acids is 1. The number of aliphatic carboxylic acids is 1. The molecule has 2 atom stereocenters. The van der Waals surface area contributed by atoms with Crippen molar-refractivity contribution in [3.8, 4) is 0 Å². The first kappa shape index (κ1) is 12.7. The van der Waals surface area contributed by atoms with Gasteiger partial charge in [0, 0.05) is 32.9 Å². The predicted molar refractivity (Wildman–Crippen MR) is 70.7 cm³/mol. The van der Waals surface area contributed by atoms with E-state index in [-0.39, 0.29) is 5.92 Å². The molecule has 0 unspecified atom stereocenters. The third-order valence-electron chi connectivity index (χ3n) is 4.46. The molecular formula is C14H21N3O2. The van der Waals surface area contributed by atoms with Crippen LogP contribution in [0.1, 0.15) is 18.4 Å². The summed E-state index contributed by atoms with van der Waals surface area (Å²) in [5.74, 6) is 0.290. The Labute approximate surface area is 113 Å². The molecule has 1 aliphatic heterocycles. The highest BCUT2D eigenvalue weighted by molar-refractivity contribution is 5.71. The van der Waals surface area contributed by atoms with E-state index in [9.17, 15) is 9.90 Å². The molecule has 0 radical (unpaired) electrons. The first-order chi connectivity index (χ1) is 9.13. The molecule has 104 valence electrons. The molecule has 19 heavy (non-hydrogen) atoms. The Hall–Kier alpha value is -1.36. The fraction of sp³-hybridized carbons (Fsp3) is 0.714. The van der Waals surface area contributed by atoms with Crippen molar-refractivity contribution in [2.75, 3.05) is 19.6 Å². The highest BCUT2D eigenvalue weighted by Crippen LogP contribution is 2.44. The van der Waals surface area contributed by atoms with E-state index < -0.39 is 5.97 Å². The van der Waals surface area contributed by atoms with Crippen molar-refractivity contribution < 1.29 is 9.90 Å². The molecule has 1 N–H and O–H groups in total. The van der Waals surface area contributed by atoms with Crippen molar-refractivity contribution in [3.05, 3.63) is 18.0 Å². The van der Waals surface area contributed by atoms with Crippen LogP contribution >= 0.6 is 0 Å². The number of likely N-dealkylation sites (tertiary alicyclic amines) is 1. The Morgan fingerprint density at radius 1 is 1.47 bits per heavy atom. The standard InChI is InChI=1S/C14H21N3O2/c1-16-7-10(6-15-16)4-5-17-8-12(11-2-3-11)13(9-17)14(18)19/h6-7,11-13H,2-5,8-9H2,1H3,(H,18,19)/t12-,13+/m1/s1. The lowest BCUT2D eigenvalue weighted by Crippen LogP contribution is -2.25. The molecule has 1 aliphatic carbocycles. The van der Waals surface area contributed by atoms with Gasteiger partial charge in [0.1, 0.15) is 0 Å². The third-order valence-corrected chi connectivity index (χ3v) is 4.46. The third kappa shape index (κ3) is 2.81. The first-order valence-corrected chi connectivity index (χ1v) is 7.06. The second-order valence-electron chi connectivity index (χ2n) is 5.98. The summed E-state index contributed by atoms with van der Waals surface area (Å²) in [5.41, 5.74) is 1.23. The molecule has 1 saturated heterocycles. The van der Waals surface area contributed by atoms with E-state index in [0.29, 0.717) is 11.8 Å². The summed E-state index contributed by atoms with van der Waals surface area (Å²) in [6, 6.07) is 0. The number of aryl methyl sites for hydroxylation is 1. The van der Waals surface area contributed by atoms with Crippen LogP contribution < -0.4 is 0 Å². The fourth-order valence-corrected chi connectivity index (χ4v) is 3.25. The molecule has 5 heteroatoms. The monoisotopic (exact) mass is 263 g/mol. The number of hydrogen-bond acceptors (Lipinski definition) is 3. The summed E-state index contributed by atoms with van der Waals surface area (Å²) in [6.07, 6.45) is 7.33. The molecule has 5 nitrogen and oxygen atoms in total. The number of carboxylic acid groups (broad SMARTS) is 1. The van der Waals surface area contributed by atoms with Crippen LogP contribution in [-0.2, 0) is 18.3 Å². The molecule has 0 spiro atoms. The van der Waals surface area contributed by atoms with E-state index in [0.717, 1.165) is 26.1 Å². The van der Waals surface area contributed by atoms with E-state index in [4.69, 9.17) is 0 Å². The lowest BCUT2D eigenvalue weighted by Gasteiger charge is -2.14. The van der Waals surface area contributed by atoms with E-state index in [1.807, 2.05) is 24.1 Å². The van der Waals surface area contributed by atoms with Crippen molar-refractivity contribution in [2.24, 2.45) is 24.8 Å². The summed E-state index contributed by atoms with van der Waals surface area (Å²) >= 11 is 0. The van der Waals surface area contributed by atoms with Crippen LogP contribution in [0.25, 0.3) is 0 Å². The molecule has 1 aromatic heterocycles. The van der Waals surface area contributed by atoms with Crippen LogP contribution in [0.4, 0.5) is 0 Å². The van der Waals surface area contributed by atoms with Gasteiger partial charge >= 0.3 is 5.97 Å².